The molecule has 0 unspecified atom stereocenters. The van der Waals surface area contributed by atoms with Crippen molar-refractivity contribution in [2.45, 2.75) is 31.3 Å². The normalized spacial score (nSPS) is 14.3. The third-order valence-corrected chi connectivity index (χ3v) is 10.9. The Bertz CT molecular complexity index is 1830. The van der Waals surface area contributed by atoms with E-state index in [0.29, 0.717) is 213 Å². The number of nitrogens with zero attached hydrogens (tertiary/aromatic N) is 4. The lowest BCUT2D eigenvalue weighted by Gasteiger charge is -2.37. The molecule has 2 fully saturated rings. The molecule has 3 N–H and O–H groups in total. The number of aliphatic carboxylic acids is 1. The number of aromatic nitrogens is 2. The first kappa shape index (κ1) is 60.7. The molecular formula is C48H76N6O19. The second-order valence-corrected chi connectivity index (χ2v) is 16.1. The number of rotatable bonds is 45. The van der Waals surface area contributed by atoms with Gasteiger partial charge in [0.25, 0.3) is 11.8 Å². The van der Waals surface area contributed by atoms with Gasteiger partial charge in [-0.2, -0.15) is 0 Å². The van der Waals surface area contributed by atoms with E-state index < -0.39 is 17.5 Å². The molecule has 0 aliphatic carbocycles. The summed E-state index contributed by atoms with van der Waals surface area (Å²) in [6.45, 7) is 11.3. The van der Waals surface area contributed by atoms with Gasteiger partial charge in [0.15, 0.2) is 0 Å². The van der Waals surface area contributed by atoms with Crippen LogP contribution >= 0.6 is 0 Å². The number of carbonyl (C=O) groups excluding carboxylic acids is 3. The summed E-state index contributed by atoms with van der Waals surface area (Å²) in [5.41, 5.74) is -0.0566. The summed E-state index contributed by atoms with van der Waals surface area (Å²) in [4.78, 5) is 61.6. The van der Waals surface area contributed by atoms with E-state index in [-0.39, 0.29) is 31.4 Å². The van der Waals surface area contributed by atoms with E-state index in [0.717, 1.165) is 0 Å². The number of carboxylic acid groups (broad SMARTS) is 1. The third kappa shape index (κ3) is 24.8. The van der Waals surface area contributed by atoms with Crippen LogP contribution in [0.3, 0.4) is 0 Å². The van der Waals surface area contributed by atoms with Crippen molar-refractivity contribution in [1.82, 2.24) is 25.5 Å². The highest BCUT2D eigenvalue weighted by Crippen LogP contribution is 2.33. The number of piperidine rings is 1. The molecule has 2 aliphatic rings. The first-order valence-corrected chi connectivity index (χ1v) is 24.6. The maximum atomic E-state index is 13.6. The van der Waals surface area contributed by atoms with Crippen molar-refractivity contribution >= 4 is 29.8 Å². The van der Waals surface area contributed by atoms with E-state index in [1.165, 1.54) is 24.4 Å². The maximum absolute atomic E-state index is 13.6. The van der Waals surface area contributed by atoms with Gasteiger partial charge in [-0.25, -0.2) is 14.8 Å². The molecule has 2 aromatic rings. The number of carboxylic acids is 1. The van der Waals surface area contributed by atoms with Crippen molar-refractivity contribution in [1.29, 1.82) is 0 Å². The molecule has 25 nitrogen and oxygen atoms in total. The lowest BCUT2D eigenvalue weighted by Crippen LogP contribution is -2.55. The Balaban J connectivity index is 0.843. The van der Waals surface area contributed by atoms with Gasteiger partial charge in [-0.1, -0.05) is 0 Å². The van der Waals surface area contributed by atoms with Gasteiger partial charge < -0.3 is 87.0 Å². The van der Waals surface area contributed by atoms with Gasteiger partial charge in [-0.3, -0.25) is 19.3 Å². The largest absolute Gasteiger partial charge is 0.497 e. The summed E-state index contributed by atoms with van der Waals surface area (Å²) in [5.74, 6) is 0.0770. The SMILES string of the molecule is COc1ccc(OC)c(CN2C(=O)NC3(CCN(c4ncc(C(=O)NCCOCCOCCOCCOCCOCCOCCOCCOCCOCCOCCOCCOCCC(=O)O)cn4)CC3)C2=O)c1. The van der Waals surface area contributed by atoms with Crippen LogP contribution in [0.1, 0.15) is 35.2 Å². The number of urea groups is 1. The number of carbonyl (C=O) groups is 4. The molecule has 0 bridgehead atoms. The number of benzene rings is 1. The summed E-state index contributed by atoms with van der Waals surface area (Å²) < 4.78 is 76.1. The zero-order chi connectivity index (χ0) is 52.0. The van der Waals surface area contributed by atoms with Gasteiger partial charge in [0.2, 0.25) is 5.95 Å². The topological polar surface area (TPSA) is 274 Å². The average molecular weight is 1040 g/mol. The number of nitrogens with one attached hydrogen (secondary N) is 2. The van der Waals surface area contributed by atoms with Gasteiger partial charge >= 0.3 is 12.0 Å². The molecule has 4 amide bonds. The number of methoxy groups -OCH3 is 2. The predicted octanol–water partition coefficient (Wildman–Crippen LogP) is 0.989. The molecule has 4 rings (SSSR count). The number of anilines is 1. The molecule has 1 aromatic heterocycles. The second-order valence-electron chi connectivity index (χ2n) is 16.1. The van der Waals surface area contributed by atoms with Crippen LogP contribution in [0, 0.1) is 0 Å². The third-order valence-electron chi connectivity index (χ3n) is 10.9. The number of hydrogen-bond donors (Lipinski definition) is 3. The smallest absolute Gasteiger partial charge is 0.325 e. The molecule has 2 saturated heterocycles. The minimum absolute atomic E-state index is 0.0145. The zero-order valence-electron chi connectivity index (χ0n) is 42.4. The van der Waals surface area contributed by atoms with Gasteiger partial charge in [-0.15, -0.1) is 0 Å². The van der Waals surface area contributed by atoms with E-state index in [2.05, 4.69) is 20.6 Å². The highest BCUT2D eigenvalue weighted by molar-refractivity contribution is 6.07. The summed E-state index contributed by atoms with van der Waals surface area (Å²) in [7, 11) is 3.08. The van der Waals surface area contributed by atoms with Crippen molar-refractivity contribution in [2.75, 3.05) is 197 Å². The van der Waals surface area contributed by atoms with Crippen LogP contribution in [0.4, 0.5) is 10.7 Å². The molecule has 0 radical (unpaired) electrons. The average Bonchev–Trinajstić information content (AvgIpc) is 3.62. The molecule has 3 heterocycles. The monoisotopic (exact) mass is 1040 g/mol. The Morgan fingerprint density at radius 3 is 1.41 bits per heavy atom. The van der Waals surface area contributed by atoms with E-state index in [4.69, 9.17) is 71.4 Å². The van der Waals surface area contributed by atoms with Crippen LogP contribution in [-0.4, -0.2) is 242 Å². The molecule has 1 spiro atoms. The number of imide groups is 1. The Morgan fingerprint density at radius 2 is 1.01 bits per heavy atom. The maximum Gasteiger partial charge on any atom is 0.325 e. The molecule has 1 aromatic carbocycles. The molecule has 412 valence electrons. The molecule has 0 saturated carbocycles. The van der Waals surface area contributed by atoms with Crippen LogP contribution in [0.25, 0.3) is 0 Å². The van der Waals surface area contributed by atoms with Gasteiger partial charge in [0, 0.05) is 37.6 Å². The van der Waals surface area contributed by atoms with Gasteiger partial charge in [-0.05, 0) is 31.0 Å². The Morgan fingerprint density at radius 1 is 0.603 bits per heavy atom. The molecule has 0 atom stereocenters. The lowest BCUT2D eigenvalue weighted by molar-refractivity contribution is -0.138. The number of hydrogen-bond acceptors (Lipinski definition) is 21. The Kier molecular flexibility index (Phi) is 31.4. The summed E-state index contributed by atoms with van der Waals surface area (Å²) in [5, 5.41) is 14.2. The van der Waals surface area contributed by atoms with Gasteiger partial charge in [0.05, 0.1) is 191 Å². The Hall–Kier alpha value is -4.90. The number of ether oxygens (including phenoxy) is 14. The van der Waals surface area contributed by atoms with Crippen molar-refractivity contribution < 1.29 is 90.6 Å². The van der Waals surface area contributed by atoms with Crippen LogP contribution in [0.15, 0.2) is 30.6 Å². The minimum Gasteiger partial charge on any atom is -0.497 e. The van der Waals surface area contributed by atoms with Crippen molar-refractivity contribution in [3.05, 3.63) is 41.7 Å². The fourth-order valence-electron chi connectivity index (χ4n) is 7.04. The van der Waals surface area contributed by atoms with Crippen LogP contribution in [-0.2, 0) is 73.0 Å². The van der Waals surface area contributed by atoms with Crippen LogP contribution in [0.2, 0.25) is 0 Å². The Labute approximate surface area is 426 Å². The van der Waals surface area contributed by atoms with E-state index in [1.54, 1.807) is 25.3 Å². The van der Waals surface area contributed by atoms with Crippen molar-refractivity contribution in [2.24, 2.45) is 0 Å². The van der Waals surface area contributed by atoms with Crippen molar-refractivity contribution in [3.63, 3.8) is 0 Å². The minimum atomic E-state index is -1.02. The summed E-state index contributed by atoms with van der Waals surface area (Å²) >= 11 is 0. The second kappa shape index (κ2) is 37.8. The first-order chi connectivity index (χ1) is 35.8. The first-order valence-electron chi connectivity index (χ1n) is 24.6. The standard InChI is InChI=1S/C48H76N6O19/c1-60-41-3-4-42(61-2)39(35-41)38-54-45(58)48(52-47(54)59)6-9-53(10-7-48)46-50-36-40(37-51-46)44(57)49-8-12-63-14-16-65-18-20-67-22-24-69-26-28-71-30-32-73-34-33-72-31-29-70-27-25-68-23-21-66-19-17-64-15-13-62-11-5-43(55)56/h3-4,35-37H,5-34,38H2,1-2H3,(H,49,57)(H,52,59)(H,55,56). The number of amides is 4. The molecule has 73 heavy (non-hydrogen) atoms. The fourth-order valence-corrected chi connectivity index (χ4v) is 7.04. The summed E-state index contributed by atoms with van der Waals surface area (Å²) in [6, 6.07) is 4.79. The molecule has 25 heteroatoms. The highest BCUT2D eigenvalue weighted by Gasteiger charge is 2.52. The van der Waals surface area contributed by atoms with E-state index in [1.807, 2.05) is 4.90 Å². The highest BCUT2D eigenvalue weighted by atomic mass is 16.6. The fraction of sp³-hybridized carbons (Fsp3) is 0.708. The predicted molar refractivity (Wildman–Crippen MR) is 259 cm³/mol. The van der Waals surface area contributed by atoms with E-state index in [9.17, 15) is 19.2 Å². The van der Waals surface area contributed by atoms with E-state index >= 15 is 0 Å². The van der Waals surface area contributed by atoms with Gasteiger partial charge in [0.1, 0.15) is 17.0 Å². The van der Waals surface area contributed by atoms with Crippen LogP contribution < -0.4 is 25.0 Å². The zero-order valence-corrected chi connectivity index (χ0v) is 42.4. The van der Waals surface area contributed by atoms with Crippen LogP contribution in [0.5, 0.6) is 11.5 Å². The molecular weight excluding hydrogens is 965 g/mol. The molecule has 2 aliphatic heterocycles. The van der Waals surface area contributed by atoms with Crippen molar-refractivity contribution in [3.8, 4) is 11.5 Å². The quantitative estimate of drug-likeness (QED) is 0.0616. The summed E-state index contributed by atoms with van der Waals surface area (Å²) in [6.07, 6.45) is 3.65. The lowest BCUT2D eigenvalue weighted by atomic mass is 9.87.